The summed E-state index contributed by atoms with van der Waals surface area (Å²) in [7, 11) is 0. The summed E-state index contributed by atoms with van der Waals surface area (Å²) < 4.78 is 10.4. The number of ether oxygens (including phenoxy) is 1. The van der Waals surface area contributed by atoms with Crippen molar-refractivity contribution in [2.45, 2.75) is 44.8 Å². The van der Waals surface area contributed by atoms with Crippen molar-refractivity contribution in [1.82, 2.24) is 10.1 Å². The van der Waals surface area contributed by atoms with Crippen LogP contribution in [0.1, 0.15) is 32.0 Å². The molecule has 0 bridgehead atoms. The largest absolute Gasteiger partial charge is 0.387 e. The summed E-state index contributed by atoms with van der Waals surface area (Å²) in [6.45, 7) is 4.26. The molecule has 1 fully saturated rings. The minimum absolute atomic E-state index is 0.101. The average Bonchev–Trinajstić information content (AvgIpc) is 2.74. The van der Waals surface area contributed by atoms with E-state index >= 15 is 0 Å². The molecule has 15 heavy (non-hydrogen) atoms. The number of hydrogen-bond donors (Lipinski definition) is 1. The molecule has 84 valence electrons. The summed E-state index contributed by atoms with van der Waals surface area (Å²) in [6.07, 6.45) is 1.85. The molecule has 1 aliphatic heterocycles. The summed E-state index contributed by atoms with van der Waals surface area (Å²) in [4.78, 5) is 4.17. The molecule has 0 spiro atoms. The van der Waals surface area contributed by atoms with Crippen LogP contribution in [0, 0.1) is 0 Å². The van der Waals surface area contributed by atoms with E-state index < -0.39 is 5.60 Å². The molecule has 1 N–H and O–H groups in total. The standard InChI is InChI=1S/C10H16N2O3/c1-3-8-11-9(15-12-8)5-10(13)4-7(2)14-6-10/h7,13H,3-6H2,1-2H3. The van der Waals surface area contributed by atoms with Gasteiger partial charge < -0.3 is 14.4 Å². The van der Waals surface area contributed by atoms with Crippen LogP contribution in [0.2, 0.25) is 0 Å². The van der Waals surface area contributed by atoms with Crippen LogP contribution in [-0.4, -0.2) is 33.6 Å². The zero-order valence-corrected chi connectivity index (χ0v) is 9.06. The lowest BCUT2D eigenvalue weighted by Gasteiger charge is -2.17. The first-order valence-corrected chi connectivity index (χ1v) is 5.27. The molecule has 1 aliphatic rings. The predicted octanol–water partition coefficient (Wildman–Crippen LogP) is 0.714. The Balaban J connectivity index is 2.02. The Morgan fingerprint density at radius 2 is 2.40 bits per heavy atom. The van der Waals surface area contributed by atoms with Gasteiger partial charge in [-0.1, -0.05) is 12.1 Å². The van der Waals surface area contributed by atoms with E-state index in [0.29, 0.717) is 31.2 Å². The Labute approximate surface area is 88.4 Å². The lowest BCUT2D eigenvalue weighted by atomic mass is 9.97. The maximum absolute atomic E-state index is 10.1. The van der Waals surface area contributed by atoms with E-state index in [1.165, 1.54) is 0 Å². The molecule has 1 aromatic rings. The van der Waals surface area contributed by atoms with E-state index in [1.807, 2.05) is 13.8 Å². The van der Waals surface area contributed by atoms with Crippen molar-refractivity contribution >= 4 is 0 Å². The molecule has 1 saturated heterocycles. The maximum atomic E-state index is 10.1. The number of aliphatic hydroxyl groups is 1. The van der Waals surface area contributed by atoms with Crippen molar-refractivity contribution in [3.8, 4) is 0 Å². The van der Waals surface area contributed by atoms with Gasteiger partial charge >= 0.3 is 0 Å². The number of rotatable bonds is 3. The second kappa shape index (κ2) is 3.90. The summed E-state index contributed by atoms with van der Waals surface area (Å²) in [5, 5.41) is 13.9. The second-order valence-electron chi connectivity index (χ2n) is 4.18. The van der Waals surface area contributed by atoms with E-state index in [4.69, 9.17) is 9.26 Å². The first-order valence-electron chi connectivity index (χ1n) is 5.27. The van der Waals surface area contributed by atoms with Crippen LogP contribution >= 0.6 is 0 Å². The Morgan fingerprint density at radius 1 is 1.60 bits per heavy atom. The lowest BCUT2D eigenvalue weighted by molar-refractivity contribution is 0.0173. The average molecular weight is 212 g/mol. The minimum atomic E-state index is -0.836. The fourth-order valence-corrected chi connectivity index (χ4v) is 1.86. The maximum Gasteiger partial charge on any atom is 0.229 e. The van der Waals surface area contributed by atoms with Crippen molar-refractivity contribution in [1.29, 1.82) is 0 Å². The number of hydrogen-bond acceptors (Lipinski definition) is 5. The van der Waals surface area contributed by atoms with Crippen LogP contribution in [0.15, 0.2) is 4.52 Å². The predicted molar refractivity (Wildman–Crippen MR) is 52.4 cm³/mol. The fourth-order valence-electron chi connectivity index (χ4n) is 1.86. The highest BCUT2D eigenvalue weighted by Crippen LogP contribution is 2.26. The van der Waals surface area contributed by atoms with Gasteiger partial charge in [0.2, 0.25) is 5.89 Å². The van der Waals surface area contributed by atoms with E-state index in [2.05, 4.69) is 10.1 Å². The van der Waals surface area contributed by atoms with Gasteiger partial charge in [-0.05, 0) is 6.92 Å². The van der Waals surface area contributed by atoms with Gasteiger partial charge in [0.25, 0.3) is 0 Å². The normalized spacial score (nSPS) is 31.0. The molecular formula is C10H16N2O3. The summed E-state index contributed by atoms with van der Waals surface area (Å²) in [5.74, 6) is 1.17. The SMILES string of the molecule is CCc1noc(CC2(O)COC(C)C2)n1. The molecule has 0 saturated carbocycles. The van der Waals surface area contributed by atoms with Crippen LogP contribution in [0.3, 0.4) is 0 Å². The van der Waals surface area contributed by atoms with E-state index in [9.17, 15) is 5.11 Å². The van der Waals surface area contributed by atoms with E-state index in [-0.39, 0.29) is 6.10 Å². The highest BCUT2D eigenvalue weighted by atomic mass is 16.5. The van der Waals surface area contributed by atoms with Crippen molar-refractivity contribution in [2.24, 2.45) is 0 Å². The van der Waals surface area contributed by atoms with Crippen molar-refractivity contribution in [3.63, 3.8) is 0 Å². The number of nitrogens with zero attached hydrogens (tertiary/aromatic N) is 2. The van der Waals surface area contributed by atoms with Gasteiger partial charge in [0.15, 0.2) is 5.82 Å². The van der Waals surface area contributed by atoms with Crippen molar-refractivity contribution in [3.05, 3.63) is 11.7 Å². The number of aryl methyl sites for hydroxylation is 1. The number of aromatic nitrogens is 2. The molecule has 0 aliphatic carbocycles. The molecule has 0 radical (unpaired) electrons. The third-order valence-corrected chi connectivity index (χ3v) is 2.61. The zero-order chi connectivity index (χ0) is 10.9. The first-order chi connectivity index (χ1) is 7.11. The fraction of sp³-hybridized carbons (Fsp3) is 0.800. The Morgan fingerprint density at radius 3 is 2.93 bits per heavy atom. The van der Waals surface area contributed by atoms with Crippen LogP contribution in [-0.2, 0) is 17.6 Å². The third-order valence-electron chi connectivity index (χ3n) is 2.61. The van der Waals surface area contributed by atoms with Gasteiger partial charge in [0, 0.05) is 12.8 Å². The molecule has 0 amide bonds. The molecule has 2 unspecified atom stereocenters. The van der Waals surface area contributed by atoms with Crippen LogP contribution < -0.4 is 0 Å². The summed E-state index contributed by atoms with van der Waals surface area (Å²) in [6, 6.07) is 0. The van der Waals surface area contributed by atoms with Gasteiger partial charge in [-0.15, -0.1) is 0 Å². The van der Waals surface area contributed by atoms with Crippen molar-refractivity contribution < 1.29 is 14.4 Å². The van der Waals surface area contributed by atoms with Gasteiger partial charge in [0.1, 0.15) is 0 Å². The van der Waals surface area contributed by atoms with Crippen LogP contribution in [0.25, 0.3) is 0 Å². The van der Waals surface area contributed by atoms with E-state index in [1.54, 1.807) is 0 Å². The minimum Gasteiger partial charge on any atom is -0.387 e. The highest BCUT2D eigenvalue weighted by Gasteiger charge is 2.38. The molecule has 1 aromatic heterocycles. The molecular weight excluding hydrogens is 196 g/mol. The summed E-state index contributed by atoms with van der Waals surface area (Å²) >= 11 is 0. The first kappa shape index (κ1) is 10.6. The Hall–Kier alpha value is -0.940. The molecule has 5 heteroatoms. The van der Waals surface area contributed by atoms with Gasteiger partial charge in [-0.2, -0.15) is 4.98 Å². The van der Waals surface area contributed by atoms with Crippen LogP contribution in [0.4, 0.5) is 0 Å². The second-order valence-corrected chi connectivity index (χ2v) is 4.18. The quantitative estimate of drug-likeness (QED) is 0.799. The molecule has 2 heterocycles. The van der Waals surface area contributed by atoms with Crippen LogP contribution in [0.5, 0.6) is 0 Å². The molecule has 5 nitrogen and oxygen atoms in total. The molecule has 2 atom stereocenters. The monoisotopic (exact) mass is 212 g/mol. The summed E-state index contributed by atoms with van der Waals surface area (Å²) in [5.41, 5.74) is -0.836. The van der Waals surface area contributed by atoms with Gasteiger partial charge in [-0.25, -0.2) is 0 Å². The van der Waals surface area contributed by atoms with Crippen molar-refractivity contribution in [2.75, 3.05) is 6.61 Å². The Bertz CT molecular complexity index is 339. The smallest absolute Gasteiger partial charge is 0.229 e. The zero-order valence-electron chi connectivity index (χ0n) is 9.06. The third kappa shape index (κ3) is 2.35. The van der Waals surface area contributed by atoms with Gasteiger partial charge in [0.05, 0.1) is 24.7 Å². The molecule has 0 aromatic carbocycles. The van der Waals surface area contributed by atoms with Gasteiger partial charge in [-0.3, -0.25) is 0 Å². The topological polar surface area (TPSA) is 68.4 Å². The highest BCUT2D eigenvalue weighted by molar-refractivity contribution is 4.96. The van der Waals surface area contributed by atoms with E-state index in [0.717, 1.165) is 6.42 Å². The lowest BCUT2D eigenvalue weighted by Crippen LogP contribution is -2.32. The Kier molecular flexibility index (Phi) is 2.75. The molecule has 2 rings (SSSR count).